The highest BCUT2D eigenvalue weighted by Crippen LogP contribution is 2.17. The van der Waals surface area contributed by atoms with Crippen LogP contribution in [0.4, 0.5) is 0 Å². The Hall–Kier alpha value is -2.63. The number of carbonyl (C=O) groups is 3. The van der Waals surface area contributed by atoms with Crippen molar-refractivity contribution in [2.24, 2.45) is 0 Å². The molecule has 0 aliphatic rings. The monoisotopic (exact) mass is 1050 g/mol. The van der Waals surface area contributed by atoms with Crippen molar-refractivity contribution in [2.45, 2.75) is 361 Å². The van der Waals surface area contributed by atoms with Crippen LogP contribution in [0.1, 0.15) is 355 Å². The summed E-state index contributed by atoms with van der Waals surface area (Å²) in [7, 11) is 0. The highest BCUT2D eigenvalue weighted by atomic mass is 16.6. The van der Waals surface area contributed by atoms with Gasteiger partial charge >= 0.3 is 17.9 Å². The fraction of sp³-hybridized carbons (Fsp3) is 0.841. The van der Waals surface area contributed by atoms with Crippen LogP contribution >= 0.6 is 0 Å². The summed E-state index contributed by atoms with van der Waals surface area (Å²) in [6.07, 6.45) is 79.9. The van der Waals surface area contributed by atoms with Gasteiger partial charge in [0.25, 0.3) is 0 Å². The van der Waals surface area contributed by atoms with E-state index in [0.29, 0.717) is 19.3 Å². The van der Waals surface area contributed by atoms with E-state index in [4.69, 9.17) is 14.2 Å². The third-order valence-corrected chi connectivity index (χ3v) is 14.8. The van der Waals surface area contributed by atoms with Gasteiger partial charge in [-0.15, -0.1) is 0 Å². The molecule has 0 fully saturated rings. The number of unbranched alkanes of at least 4 members (excludes halogenated alkanes) is 42. The summed E-state index contributed by atoms with van der Waals surface area (Å²) in [5.74, 6) is -0.883. The molecule has 0 heterocycles. The van der Waals surface area contributed by atoms with Gasteiger partial charge in [0, 0.05) is 19.3 Å². The molecule has 6 nitrogen and oxygen atoms in total. The summed E-state index contributed by atoms with van der Waals surface area (Å²) in [6, 6.07) is 0. The summed E-state index contributed by atoms with van der Waals surface area (Å²) < 4.78 is 16.9. The van der Waals surface area contributed by atoms with Gasteiger partial charge < -0.3 is 14.2 Å². The van der Waals surface area contributed by atoms with Crippen molar-refractivity contribution in [1.82, 2.24) is 0 Å². The Labute approximate surface area is 467 Å². The maximum Gasteiger partial charge on any atom is 0.306 e. The Kier molecular flexibility index (Phi) is 61.7. The normalized spacial score (nSPS) is 12.3. The summed E-state index contributed by atoms with van der Waals surface area (Å²) in [6.45, 7) is 6.62. The van der Waals surface area contributed by atoms with Crippen LogP contribution in [-0.4, -0.2) is 37.2 Å². The molecule has 0 aromatic carbocycles. The number of esters is 3. The average molecular weight is 1050 g/mol. The summed E-state index contributed by atoms with van der Waals surface area (Å²) in [4.78, 5) is 38.3. The minimum atomic E-state index is -0.783. The molecule has 1 atom stereocenters. The molecular formula is C69H126O6. The van der Waals surface area contributed by atoms with Crippen LogP contribution in [0.3, 0.4) is 0 Å². The van der Waals surface area contributed by atoms with E-state index in [-0.39, 0.29) is 31.1 Å². The van der Waals surface area contributed by atoms with E-state index in [1.165, 1.54) is 225 Å². The van der Waals surface area contributed by atoms with Crippen LogP contribution in [0.15, 0.2) is 48.6 Å². The number of ether oxygens (including phenoxy) is 3. The van der Waals surface area contributed by atoms with E-state index in [9.17, 15) is 14.4 Å². The number of hydrogen-bond donors (Lipinski definition) is 0. The minimum absolute atomic E-state index is 0.0784. The zero-order valence-corrected chi connectivity index (χ0v) is 50.3. The van der Waals surface area contributed by atoms with E-state index < -0.39 is 6.10 Å². The first-order valence-electron chi connectivity index (χ1n) is 33.1. The van der Waals surface area contributed by atoms with Gasteiger partial charge in [-0.05, 0) is 96.3 Å². The average Bonchev–Trinajstić information content (AvgIpc) is 3.41. The number of rotatable bonds is 61. The summed E-state index contributed by atoms with van der Waals surface area (Å²) in [5, 5.41) is 0. The predicted molar refractivity (Wildman–Crippen MR) is 325 cm³/mol. The molecule has 0 saturated carbocycles. The van der Waals surface area contributed by atoms with E-state index in [0.717, 1.165) is 89.9 Å². The van der Waals surface area contributed by atoms with Crippen molar-refractivity contribution in [1.29, 1.82) is 0 Å². The summed E-state index contributed by atoms with van der Waals surface area (Å²) >= 11 is 0. The molecule has 0 aliphatic carbocycles. The molecule has 0 spiro atoms. The van der Waals surface area contributed by atoms with Crippen LogP contribution in [0.25, 0.3) is 0 Å². The first-order chi connectivity index (χ1) is 37.0. The predicted octanol–water partition coefficient (Wildman–Crippen LogP) is 22.6. The fourth-order valence-electron chi connectivity index (χ4n) is 9.75. The number of allylic oxidation sites excluding steroid dienone is 8. The van der Waals surface area contributed by atoms with Gasteiger partial charge in [-0.3, -0.25) is 14.4 Å². The number of hydrogen-bond acceptors (Lipinski definition) is 6. The third-order valence-electron chi connectivity index (χ3n) is 14.8. The molecule has 0 bridgehead atoms. The van der Waals surface area contributed by atoms with E-state index in [1.54, 1.807) is 0 Å². The fourth-order valence-corrected chi connectivity index (χ4v) is 9.75. The van der Waals surface area contributed by atoms with Gasteiger partial charge in [-0.2, -0.15) is 0 Å². The van der Waals surface area contributed by atoms with Crippen molar-refractivity contribution in [3.05, 3.63) is 48.6 Å². The van der Waals surface area contributed by atoms with Crippen LogP contribution < -0.4 is 0 Å². The maximum absolute atomic E-state index is 12.9. The van der Waals surface area contributed by atoms with Crippen molar-refractivity contribution >= 4 is 17.9 Å². The van der Waals surface area contributed by atoms with E-state index in [2.05, 4.69) is 69.4 Å². The topological polar surface area (TPSA) is 78.9 Å². The lowest BCUT2D eigenvalue weighted by Crippen LogP contribution is -2.30. The first-order valence-corrected chi connectivity index (χ1v) is 33.1. The molecule has 1 unspecified atom stereocenters. The molecule has 75 heavy (non-hydrogen) atoms. The molecule has 0 aliphatic heterocycles. The maximum atomic E-state index is 12.9. The Morgan fingerprint density at radius 1 is 0.267 bits per heavy atom. The second-order valence-corrected chi connectivity index (χ2v) is 22.4. The van der Waals surface area contributed by atoms with Gasteiger partial charge in [0.15, 0.2) is 6.10 Å². The van der Waals surface area contributed by atoms with Gasteiger partial charge in [0.2, 0.25) is 0 Å². The lowest BCUT2D eigenvalue weighted by molar-refractivity contribution is -0.167. The molecule has 0 saturated heterocycles. The molecule has 0 rings (SSSR count). The van der Waals surface area contributed by atoms with Gasteiger partial charge in [0.05, 0.1) is 0 Å². The lowest BCUT2D eigenvalue weighted by Gasteiger charge is -2.18. The minimum Gasteiger partial charge on any atom is -0.462 e. The quantitative estimate of drug-likeness (QED) is 0.0261. The zero-order valence-electron chi connectivity index (χ0n) is 50.3. The molecule has 438 valence electrons. The van der Waals surface area contributed by atoms with Gasteiger partial charge in [0.1, 0.15) is 13.2 Å². The van der Waals surface area contributed by atoms with E-state index in [1.807, 2.05) is 0 Å². The first kappa shape index (κ1) is 72.4. The molecule has 6 heteroatoms. The number of carbonyl (C=O) groups excluding carboxylic acids is 3. The van der Waals surface area contributed by atoms with Crippen LogP contribution in [0, 0.1) is 0 Å². The Morgan fingerprint density at radius 2 is 0.493 bits per heavy atom. The largest absolute Gasteiger partial charge is 0.462 e. The molecule has 0 radical (unpaired) electrons. The zero-order chi connectivity index (χ0) is 54.3. The second kappa shape index (κ2) is 63.9. The van der Waals surface area contributed by atoms with Crippen molar-refractivity contribution in [3.8, 4) is 0 Å². The highest BCUT2D eigenvalue weighted by Gasteiger charge is 2.19. The Balaban J connectivity index is 4.17. The van der Waals surface area contributed by atoms with Gasteiger partial charge in [-0.1, -0.05) is 288 Å². The second-order valence-electron chi connectivity index (χ2n) is 22.4. The van der Waals surface area contributed by atoms with Crippen molar-refractivity contribution in [2.75, 3.05) is 13.2 Å². The molecule has 0 amide bonds. The van der Waals surface area contributed by atoms with E-state index >= 15 is 0 Å². The molecule has 0 aromatic rings. The SMILES string of the molecule is CCCC/C=C\C/C=C\CCCCCCCC(=O)OC(COC(=O)CCCCCCC/C=C\CCCCCCC)COC(=O)CCCCCCCCCCCCCCCCCCC/C=C\CCCCCCCCCC. The molecule has 0 N–H and O–H groups in total. The highest BCUT2D eigenvalue weighted by molar-refractivity contribution is 5.71. The molecular weight excluding hydrogens is 925 g/mol. The summed E-state index contributed by atoms with van der Waals surface area (Å²) in [5.41, 5.74) is 0. The smallest absolute Gasteiger partial charge is 0.306 e. The molecule has 0 aromatic heterocycles. The van der Waals surface area contributed by atoms with Crippen LogP contribution in [-0.2, 0) is 28.6 Å². The van der Waals surface area contributed by atoms with Crippen molar-refractivity contribution < 1.29 is 28.6 Å². The van der Waals surface area contributed by atoms with Crippen molar-refractivity contribution in [3.63, 3.8) is 0 Å². The van der Waals surface area contributed by atoms with Crippen LogP contribution in [0.5, 0.6) is 0 Å². The third kappa shape index (κ3) is 62.1. The lowest BCUT2D eigenvalue weighted by atomic mass is 10.0. The standard InChI is InChI=1S/C69H126O6/c1-4-7-10-13-16-19-22-25-28-29-30-31-32-33-34-35-36-37-38-39-40-41-42-45-47-50-53-56-59-62-68(71)74-65-66(75-69(72)63-60-57-54-51-48-44-27-24-21-18-15-12-9-6-3)64-73-67(70)61-58-55-52-49-46-43-26-23-20-17-14-11-8-5-2/h15,18,23-24,26-27,29-30,66H,4-14,16-17,19-22,25,28,31-65H2,1-3H3/b18-15-,26-23-,27-24-,30-29-. The Morgan fingerprint density at radius 3 is 0.787 bits per heavy atom. The van der Waals surface area contributed by atoms with Crippen LogP contribution in [0.2, 0.25) is 0 Å². The Bertz CT molecular complexity index is 1300. The van der Waals surface area contributed by atoms with Gasteiger partial charge in [-0.25, -0.2) is 0 Å².